The average molecular weight is 500 g/mol. The van der Waals surface area contributed by atoms with Gasteiger partial charge in [0.1, 0.15) is 5.75 Å². The lowest BCUT2D eigenvalue weighted by atomic mass is 9.96. The topological polar surface area (TPSA) is 102 Å². The number of aryl methyl sites for hydroxylation is 2. The van der Waals surface area contributed by atoms with Gasteiger partial charge in [0.15, 0.2) is 5.58 Å². The fourth-order valence-corrected chi connectivity index (χ4v) is 6.64. The van der Waals surface area contributed by atoms with E-state index in [4.69, 9.17) is 9.15 Å². The minimum atomic E-state index is -3.62. The van der Waals surface area contributed by atoms with Gasteiger partial charge < -0.3 is 14.1 Å². The van der Waals surface area contributed by atoms with Crippen LogP contribution in [0.1, 0.15) is 36.8 Å². The largest absolute Gasteiger partial charge is 0.495 e. The number of hydrogen-bond acceptors (Lipinski definition) is 6. The number of fused-ring (bicyclic) bond motifs is 2. The van der Waals surface area contributed by atoms with E-state index in [-0.39, 0.29) is 29.4 Å². The zero-order valence-electron chi connectivity index (χ0n) is 20.0. The van der Waals surface area contributed by atoms with Crippen molar-refractivity contribution in [1.29, 1.82) is 0 Å². The van der Waals surface area contributed by atoms with Crippen molar-refractivity contribution in [3.63, 3.8) is 0 Å². The normalized spacial score (nSPS) is 16.6. The molecule has 1 aromatic heterocycles. The van der Waals surface area contributed by atoms with Gasteiger partial charge in [0.05, 0.1) is 23.2 Å². The van der Waals surface area contributed by atoms with Crippen LogP contribution in [0, 0.1) is 6.92 Å². The smallest absolute Gasteiger partial charge is 0.419 e. The molecule has 35 heavy (non-hydrogen) atoms. The van der Waals surface area contributed by atoms with Crippen LogP contribution in [-0.2, 0) is 27.8 Å². The summed E-state index contributed by atoms with van der Waals surface area (Å²) < 4.78 is 39.5. The summed E-state index contributed by atoms with van der Waals surface area (Å²) in [5.41, 5.74) is 3.71. The second-order valence-corrected chi connectivity index (χ2v) is 11.0. The Morgan fingerprint density at radius 3 is 2.60 bits per heavy atom. The Morgan fingerprint density at radius 2 is 1.86 bits per heavy atom. The number of carbonyl (C=O) groups is 1. The van der Waals surface area contributed by atoms with Gasteiger partial charge in [-0.3, -0.25) is 9.36 Å². The Bertz CT molecular complexity index is 1450. The lowest BCUT2D eigenvalue weighted by Gasteiger charge is -2.32. The molecule has 1 amide bonds. The van der Waals surface area contributed by atoms with Crippen molar-refractivity contribution in [2.24, 2.45) is 0 Å². The van der Waals surface area contributed by atoms with E-state index in [1.54, 1.807) is 18.1 Å². The molecule has 2 aliphatic rings. The van der Waals surface area contributed by atoms with Gasteiger partial charge in [-0.1, -0.05) is 6.07 Å². The molecule has 5 rings (SSSR count). The summed E-state index contributed by atoms with van der Waals surface area (Å²) in [4.78, 5) is 27.7. The minimum Gasteiger partial charge on any atom is -0.495 e. The number of sulfonamides is 1. The molecule has 1 saturated heterocycles. The summed E-state index contributed by atoms with van der Waals surface area (Å²) in [6, 6.07) is 8.36. The zero-order valence-corrected chi connectivity index (χ0v) is 20.8. The van der Waals surface area contributed by atoms with E-state index in [0.717, 1.165) is 42.5 Å². The first-order valence-electron chi connectivity index (χ1n) is 11.9. The van der Waals surface area contributed by atoms with E-state index in [1.165, 1.54) is 21.0 Å². The van der Waals surface area contributed by atoms with Crippen LogP contribution in [0.3, 0.4) is 0 Å². The van der Waals surface area contributed by atoms with Gasteiger partial charge in [0.2, 0.25) is 15.9 Å². The molecule has 186 valence electrons. The molecule has 0 spiro atoms. The molecule has 0 N–H and O–H groups in total. The zero-order chi connectivity index (χ0) is 24.7. The van der Waals surface area contributed by atoms with Crippen molar-refractivity contribution in [1.82, 2.24) is 8.87 Å². The van der Waals surface area contributed by atoms with Crippen LogP contribution in [0.2, 0.25) is 0 Å². The summed E-state index contributed by atoms with van der Waals surface area (Å²) in [6.07, 6.45) is 3.52. The Kier molecular flexibility index (Phi) is 6.18. The highest BCUT2D eigenvalue weighted by molar-refractivity contribution is 7.89. The summed E-state index contributed by atoms with van der Waals surface area (Å²) in [5.74, 6) is -0.0587. The Labute approximate surface area is 203 Å². The van der Waals surface area contributed by atoms with Crippen LogP contribution in [0.25, 0.3) is 11.1 Å². The predicted octanol–water partition coefficient (Wildman–Crippen LogP) is 3.07. The predicted molar refractivity (Wildman–Crippen MR) is 131 cm³/mol. The number of rotatable bonds is 6. The molecule has 3 heterocycles. The Hall–Kier alpha value is -3.11. The maximum Gasteiger partial charge on any atom is 0.419 e. The van der Waals surface area contributed by atoms with Gasteiger partial charge in [-0.05, 0) is 61.9 Å². The van der Waals surface area contributed by atoms with Gasteiger partial charge >= 0.3 is 5.76 Å². The van der Waals surface area contributed by atoms with Gasteiger partial charge in [0.25, 0.3) is 0 Å². The first-order valence-corrected chi connectivity index (χ1v) is 13.4. The molecule has 0 unspecified atom stereocenters. The maximum atomic E-state index is 13.3. The van der Waals surface area contributed by atoms with E-state index < -0.39 is 15.8 Å². The number of methoxy groups -OCH3 is 1. The molecule has 9 nitrogen and oxygen atoms in total. The molecular weight excluding hydrogens is 470 g/mol. The standard InChI is InChI=1S/C25H29N3O6S/c1-17-7-10-21(33-2)24-19(17)6-5-14-28(24)23(29)11-15-27-20-9-8-18(16-22(20)34-25(27)30)35(31,32)26-12-3-4-13-26/h7-10,16H,3-6,11-15H2,1-2H3. The summed E-state index contributed by atoms with van der Waals surface area (Å²) >= 11 is 0. The first kappa shape index (κ1) is 23.6. The molecule has 0 saturated carbocycles. The number of nitrogens with zero attached hydrogens (tertiary/aromatic N) is 3. The van der Waals surface area contributed by atoms with Gasteiger partial charge in [-0.25, -0.2) is 13.2 Å². The highest BCUT2D eigenvalue weighted by atomic mass is 32.2. The highest BCUT2D eigenvalue weighted by Gasteiger charge is 2.29. The summed E-state index contributed by atoms with van der Waals surface area (Å²) in [5, 5.41) is 0. The third-order valence-electron chi connectivity index (χ3n) is 6.97. The van der Waals surface area contributed by atoms with Crippen LogP contribution < -0.4 is 15.4 Å². The number of hydrogen-bond donors (Lipinski definition) is 0. The number of carbonyl (C=O) groups excluding carboxylic acids is 1. The molecule has 2 aromatic carbocycles. The Morgan fingerprint density at radius 1 is 1.09 bits per heavy atom. The molecule has 0 radical (unpaired) electrons. The molecule has 3 aromatic rings. The average Bonchev–Trinajstić information content (AvgIpc) is 3.50. The van der Waals surface area contributed by atoms with Crippen molar-refractivity contribution in [2.75, 3.05) is 31.6 Å². The summed E-state index contributed by atoms with van der Waals surface area (Å²) in [7, 11) is -2.03. The van der Waals surface area contributed by atoms with E-state index in [0.29, 0.717) is 30.9 Å². The highest BCUT2D eigenvalue weighted by Crippen LogP contribution is 2.38. The number of aromatic nitrogens is 1. The molecule has 10 heteroatoms. The fraction of sp³-hybridized carbons (Fsp3) is 0.440. The van der Waals surface area contributed by atoms with Crippen molar-refractivity contribution < 1.29 is 22.4 Å². The van der Waals surface area contributed by atoms with Crippen molar-refractivity contribution in [3.8, 4) is 5.75 Å². The van der Waals surface area contributed by atoms with Crippen LogP contribution in [0.5, 0.6) is 5.75 Å². The lowest BCUT2D eigenvalue weighted by Crippen LogP contribution is -2.37. The molecule has 1 fully saturated rings. The number of anilines is 1. The van der Waals surface area contributed by atoms with Crippen LogP contribution in [0.15, 0.2) is 44.4 Å². The van der Waals surface area contributed by atoms with Crippen molar-refractivity contribution in [3.05, 3.63) is 52.0 Å². The molecule has 2 aliphatic heterocycles. The van der Waals surface area contributed by atoms with E-state index in [9.17, 15) is 18.0 Å². The lowest BCUT2D eigenvalue weighted by molar-refractivity contribution is -0.118. The number of ether oxygens (including phenoxy) is 1. The Balaban J connectivity index is 1.39. The van der Waals surface area contributed by atoms with E-state index in [2.05, 4.69) is 0 Å². The molecular formula is C25H29N3O6S. The van der Waals surface area contributed by atoms with Crippen LogP contribution >= 0.6 is 0 Å². The van der Waals surface area contributed by atoms with E-state index >= 15 is 0 Å². The second-order valence-electron chi connectivity index (χ2n) is 9.07. The van der Waals surface area contributed by atoms with Gasteiger partial charge in [-0.15, -0.1) is 0 Å². The SMILES string of the molecule is COc1ccc(C)c2c1N(C(=O)CCn1c(=O)oc3cc(S(=O)(=O)N4CCCC4)ccc31)CCC2. The van der Waals surface area contributed by atoms with E-state index in [1.807, 2.05) is 19.1 Å². The molecule has 0 bridgehead atoms. The number of oxazole rings is 1. The third-order valence-corrected chi connectivity index (χ3v) is 8.87. The monoisotopic (exact) mass is 499 g/mol. The van der Waals surface area contributed by atoms with Crippen LogP contribution in [-0.4, -0.2) is 49.9 Å². The van der Waals surface area contributed by atoms with Gasteiger partial charge in [-0.2, -0.15) is 4.31 Å². The molecule has 0 atom stereocenters. The minimum absolute atomic E-state index is 0.0961. The maximum absolute atomic E-state index is 13.3. The molecule has 0 aliphatic carbocycles. The van der Waals surface area contributed by atoms with Gasteiger partial charge in [0, 0.05) is 38.7 Å². The van der Waals surface area contributed by atoms with Crippen LogP contribution in [0.4, 0.5) is 5.69 Å². The quantitative estimate of drug-likeness (QED) is 0.517. The second kappa shape index (κ2) is 9.16. The van der Waals surface area contributed by atoms with Crippen molar-refractivity contribution in [2.45, 2.75) is 50.5 Å². The number of amides is 1. The first-order chi connectivity index (χ1) is 16.8. The third kappa shape index (κ3) is 4.14. The fourth-order valence-electron chi connectivity index (χ4n) is 5.11. The van der Waals surface area contributed by atoms with Crippen molar-refractivity contribution >= 4 is 32.7 Å². The number of benzene rings is 2. The summed E-state index contributed by atoms with van der Waals surface area (Å²) in [6.45, 7) is 3.74.